The van der Waals surface area contributed by atoms with E-state index >= 15 is 0 Å². The number of hydrogen-bond donors (Lipinski definition) is 2. The number of aromatic nitrogens is 2. The van der Waals surface area contributed by atoms with Crippen LogP contribution in [0, 0.1) is 12.8 Å². The summed E-state index contributed by atoms with van der Waals surface area (Å²) in [6.07, 6.45) is 3.40. The minimum Gasteiger partial charge on any atom is -0.469 e. The monoisotopic (exact) mass is 481 g/mol. The van der Waals surface area contributed by atoms with Crippen molar-refractivity contribution in [2.24, 2.45) is 5.92 Å². The lowest BCUT2D eigenvalue weighted by Crippen LogP contribution is -2.45. The molecule has 9 nitrogen and oxygen atoms in total. The standard InChI is InChI=1S/C24H27N5O4S/c1-15-5-7-18(8-6-15)26-21(31)22-27-28-23(34-22)24(32)29-11-9-17(10-12-29)20(30)25-16(2)14-19-4-3-13-33-19/h3-8,13,16-17H,9-12,14H2,1-2H3,(H,25,30)(H,26,31). The van der Waals surface area contributed by atoms with Crippen molar-refractivity contribution >= 4 is 34.7 Å². The number of nitrogens with zero attached hydrogens (tertiary/aromatic N) is 3. The minimum atomic E-state index is -0.403. The average Bonchev–Trinajstić information content (AvgIpc) is 3.52. The molecule has 1 fully saturated rings. The number of amides is 3. The molecule has 0 radical (unpaired) electrons. The van der Waals surface area contributed by atoms with Crippen molar-refractivity contribution in [1.29, 1.82) is 0 Å². The van der Waals surface area contributed by atoms with Gasteiger partial charge in [0, 0.05) is 37.2 Å². The molecule has 2 aromatic heterocycles. The fourth-order valence-electron chi connectivity index (χ4n) is 3.85. The Kier molecular flexibility index (Phi) is 7.36. The van der Waals surface area contributed by atoms with Gasteiger partial charge in [0.2, 0.25) is 15.9 Å². The van der Waals surface area contributed by atoms with Gasteiger partial charge < -0.3 is 20.0 Å². The smallest absolute Gasteiger partial charge is 0.286 e. The lowest BCUT2D eigenvalue weighted by Gasteiger charge is -2.31. The predicted octanol–water partition coefficient (Wildman–Crippen LogP) is 3.29. The van der Waals surface area contributed by atoms with Gasteiger partial charge in [-0.15, -0.1) is 10.2 Å². The number of carbonyl (C=O) groups is 3. The maximum Gasteiger partial charge on any atom is 0.286 e. The average molecular weight is 482 g/mol. The lowest BCUT2D eigenvalue weighted by molar-refractivity contribution is -0.126. The van der Waals surface area contributed by atoms with E-state index < -0.39 is 5.91 Å². The zero-order valence-electron chi connectivity index (χ0n) is 19.1. The van der Waals surface area contributed by atoms with E-state index in [0.717, 1.165) is 22.7 Å². The Morgan fingerprint density at radius 1 is 1.12 bits per heavy atom. The molecule has 34 heavy (non-hydrogen) atoms. The highest BCUT2D eigenvalue weighted by molar-refractivity contribution is 7.15. The second-order valence-corrected chi connectivity index (χ2v) is 9.47. The third kappa shape index (κ3) is 5.88. The Morgan fingerprint density at radius 2 is 1.82 bits per heavy atom. The summed E-state index contributed by atoms with van der Waals surface area (Å²) in [7, 11) is 0. The van der Waals surface area contributed by atoms with E-state index in [0.29, 0.717) is 38.0 Å². The molecule has 1 aromatic carbocycles. The molecule has 3 heterocycles. The van der Waals surface area contributed by atoms with Crippen molar-refractivity contribution in [3.05, 3.63) is 64.0 Å². The zero-order chi connectivity index (χ0) is 24.1. The SMILES string of the molecule is Cc1ccc(NC(=O)c2nnc(C(=O)N3CCC(C(=O)NC(C)Cc4ccco4)CC3)s2)cc1. The van der Waals surface area contributed by atoms with Gasteiger partial charge in [0.15, 0.2) is 0 Å². The minimum absolute atomic E-state index is 0.00265. The molecule has 4 rings (SSSR count). The first-order chi connectivity index (χ1) is 16.4. The Bertz CT molecular complexity index is 1130. The van der Waals surface area contributed by atoms with Crippen LogP contribution in [0.5, 0.6) is 0 Å². The first-order valence-electron chi connectivity index (χ1n) is 11.2. The lowest BCUT2D eigenvalue weighted by atomic mass is 9.95. The molecule has 1 atom stereocenters. The highest BCUT2D eigenvalue weighted by Gasteiger charge is 2.30. The number of hydrogen-bond acceptors (Lipinski definition) is 7. The van der Waals surface area contributed by atoms with Crippen LogP contribution in [0.25, 0.3) is 0 Å². The van der Waals surface area contributed by atoms with Crippen molar-refractivity contribution < 1.29 is 18.8 Å². The summed E-state index contributed by atoms with van der Waals surface area (Å²) >= 11 is 0.969. The number of nitrogens with one attached hydrogen (secondary N) is 2. The summed E-state index contributed by atoms with van der Waals surface area (Å²) in [4.78, 5) is 39.6. The van der Waals surface area contributed by atoms with Crippen LogP contribution in [0.2, 0.25) is 0 Å². The van der Waals surface area contributed by atoms with Crippen molar-refractivity contribution in [3.8, 4) is 0 Å². The Morgan fingerprint density at radius 3 is 2.50 bits per heavy atom. The van der Waals surface area contributed by atoms with E-state index in [2.05, 4.69) is 20.8 Å². The summed E-state index contributed by atoms with van der Waals surface area (Å²) in [5.41, 5.74) is 1.74. The summed E-state index contributed by atoms with van der Waals surface area (Å²) in [5, 5.41) is 13.9. The van der Waals surface area contributed by atoms with Gasteiger partial charge in [-0.05, 0) is 51.0 Å². The molecule has 1 unspecified atom stereocenters. The summed E-state index contributed by atoms with van der Waals surface area (Å²) in [6, 6.07) is 11.1. The highest BCUT2D eigenvalue weighted by atomic mass is 32.1. The quantitative estimate of drug-likeness (QED) is 0.535. The van der Waals surface area contributed by atoms with Crippen LogP contribution in [-0.2, 0) is 11.2 Å². The van der Waals surface area contributed by atoms with E-state index in [9.17, 15) is 14.4 Å². The normalized spacial score (nSPS) is 15.1. The summed E-state index contributed by atoms with van der Waals surface area (Å²) < 4.78 is 5.33. The van der Waals surface area contributed by atoms with E-state index in [1.807, 2.05) is 38.1 Å². The fourth-order valence-corrected chi connectivity index (χ4v) is 4.55. The van der Waals surface area contributed by atoms with Gasteiger partial charge in [-0.3, -0.25) is 14.4 Å². The van der Waals surface area contributed by atoms with E-state index in [1.54, 1.807) is 23.3 Å². The topological polar surface area (TPSA) is 117 Å². The predicted molar refractivity (Wildman–Crippen MR) is 128 cm³/mol. The molecule has 3 amide bonds. The molecule has 3 aromatic rings. The number of piperidine rings is 1. The summed E-state index contributed by atoms with van der Waals surface area (Å²) in [5.74, 6) is 0.0130. The molecule has 0 bridgehead atoms. The molecule has 0 spiro atoms. The third-order valence-electron chi connectivity index (χ3n) is 5.74. The van der Waals surface area contributed by atoms with E-state index in [4.69, 9.17) is 4.42 Å². The molecular formula is C24H27N5O4S. The second-order valence-electron chi connectivity index (χ2n) is 8.49. The third-order valence-corrected chi connectivity index (χ3v) is 6.65. The number of carbonyl (C=O) groups excluding carboxylic acids is 3. The van der Waals surface area contributed by atoms with E-state index in [1.165, 1.54) is 0 Å². The highest BCUT2D eigenvalue weighted by Crippen LogP contribution is 2.21. The van der Waals surface area contributed by atoms with Gasteiger partial charge in [0.05, 0.1) is 6.26 Å². The summed E-state index contributed by atoms with van der Waals surface area (Å²) in [6.45, 7) is 4.82. The van der Waals surface area contributed by atoms with Crippen LogP contribution in [0.3, 0.4) is 0 Å². The molecule has 0 aliphatic carbocycles. The van der Waals surface area contributed by atoms with Crippen LogP contribution in [0.1, 0.15) is 50.7 Å². The van der Waals surface area contributed by atoms with Gasteiger partial charge >= 0.3 is 0 Å². The Hall–Kier alpha value is -3.53. The van der Waals surface area contributed by atoms with Crippen LogP contribution in [0.4, 0.5) is 5.69 Å². The van der Waals surface area contributed by atoms with Crippen LogP contribution in [0.15, 0.2) is 47.1 Å². The van der Waals surface area contributed by atoms with Crippen molar-refractivity contribution in [2.45, 2.75) is 39.2 Å². The number of rotatable bonds is 7. The van der Waals surface area contributed by atoms with Gasteiger partial charge in [-0.25, -0.2) is 0 Å². The first-order valence-corrected chi connectivity index (χ1v) is 12.0. The molecule has 10 heteroatoms. The van der Waals surface area contributed by atoms with Crippen LogP contribution < -0.4 is 10.6 Å². The molecular weight excluding hydrogens is 454 g/mol. The first kappa shape index (κ1) is 23.6. The van der Waals surface area contributed by atoms with Crippen LogP contribution in [-0.4, -0.2) is 52.0 Å². The second kappa shape index (κ2) is 10.6. The molecule has 2 N–H and O–H groups in total. The number of furan rings is 1. The molecule has 1 aliphatic rings. The van der Waals surface area contributed by atoms with Crippen molar-refractivity contribution in [2.75, 3.05) is 18.4 Å². The Labute approximate surface area is 201 Å². The maximum absolute atomic E-state index is 12.9. The fraction of sp³-hybridized carbons (Fsp3) is 0.375. The number of likely N-dealkylation sites (tertiary alicyclic amines) is 1. The van der Waals surface area contributed by atoms with Crippen LogP contribution >= 0.6 is 11.3 Å². The zero-order valence-corrected chi connectivity index (χ0v) is 19.9. The van der Waals surface area contributed by atoms with Gasteiger partial charge in [-0.1, -0.05) is 29.0 Å². The number of benzene rings is 1. The maximum atomic E-state index is 12.9. The molecule has 178 valence electrons. The van der Waals surface area contributed by atoms with Gasteiger partial charge in [0.25, 0.3) is 11.8 Å². The van der Waals surface area contributed by atoms with Crippen molar-refractivity contribution in [1.82, 2.24) is 20.4 Å². The molecule has 1 aliphatic heterocycles. The Balaban J connectivity index is 1.26. The molecule has 0 saturated carbocycles. The number of anilines is 1. The number of aryl methyl sites for hydroxylation is 1. The van der Waals surface area contributed by atoms with Gasteiger partial charge in [-0.2, -0.15) is 0 Å². The molecule has 1 saturated heterocycles. The largest absolute Gasteiger partial charge is 0.469 e. The van der Waals surface area contributed by atoms with Gasteiger partial charge in [0.1, 0.15) is 5.76 Å². The van der Waals surface area contributed by atoms with E-state index in [-0.39, 0.29) is 33.8 Å². The van der Waals surface area contributed by atoms with Crippen molar-refractivity contribution in [3.63, 3.8) is 0 Å².